The molecule has 1 saturated heterocycles. The Kier molecular flexibility index (Phi) is 8.71. The second kappa shape index (κ2) is 12.0. The molecule has 2 aromatic carbocycles. The summed E-state index contributed by atoms with van der Waals surface area (Å²) in [4.78, 5) is 31.8. The summed E-state index contributed by atoms with van der Waals surface area (Å²) in [7, 11) is 1.83. The topological polar surface area (TPSA) is 141 Å². The molecule has 2 heterocycles. The number of aliphatic hydroxyl groups excluding tert-OH is 1. The van der Waals surface area contributed by atoms with Gasteiger partial charge < -0.3 is 21.1 Å². The summed E-state index contributed by atoms with van der Waals surface area (Å²) in [6.45, 7) is -0.265. The maximum Gasteiger partial charge on any atom is 0.436 e. The summed E-state index contributed by atoms with van der Waals surface area (Å²) in [5.41, 5.74) is 7.13. The van der Waals surface area contributed by atoms with Gasteiger partial charge in [-0.1, -0.05) is 23.7 Å². The fourth-order valence-corrected chi connectivity index (χ4v) is 4.07. The molecule has 0 radical (unpaired) electrons. The average molecular weight is 580 g/mol. The molecule has 0 unspecified atom stereocenters. The van der Waals surface area contributed by atoms with Crippen molar-refractivity contribution in [3.63, 3.8) is 0 Å². The molecule has 11 nitrogen and oxygen atoms in total. The summed E-state index contributed by atoms with van der Waals surface area (Å²) in [6.07, 6.45) is -6.46. The first kappa shape index (κ1) is 29.0. The van der Waals surface area contributed by atoms with Crippen molar-refractivity contribution in [3.8, 4) is 5.69 Å². The molecule has 1 aromatic heterocycles. The van der Waals surface area contributed by atoms with Crippen LogP contribution in [0.5, 0.6) is 0 Å². The Morgan fingerprint density at radius 1 is 1.20 bits per heavy atom. The van der Waals surface area contributed by atoms with Gasteiger partial charge in [-0.15, -0.1) is 5.10 Å². The molecule has 5 N–H and O–H groups in total. The molecule has 0 bridgehead atoms. The number of carbonyl (C=O) groups is 2. The number of nitrogens with one attached hydrogen (secondary N) is 2. The molecule has 0 saturated carbocycles. The van der Waals surface area contributed by atoms with Gasteiger partial charge in [0.25, 0.3) is 5.91 Å². The maximum atomic E-state index is 13.1. The number of carbonyl (C=O) groups excluding carboxylic acids is 2. The number of aromatic nitrogens is 3. The minimum atomic E-state index is -4.98. The van der Waals surface area contributed by atoms with E-state index in [0.717, 1.165) is 0 Å². The van der Waals surface area contributed by atoms with E-state index in [1.54, 1.807) is 29.2 Å². The number of hydrogen-bond acceptors (Lipinski definition) is 6. The molecule has 4 rings (SSSR count). The van der Waals surface area contributed by atoms with Gasteiger partial charge in [0, 0.05) is 29.7 Å². The number of benzene rings is 2. The van der Waals surface area contributed by atoms with Crippen molar-refractivity contribution < 1.29 is 32.4 Å². The van der Waals surface area contributed by atoms with Crippen LogP contribution in [0.15, 0.2) is 54.9 Å². The van der Waals surface area contributed by atoms with Gasteiger partial charge in [-0.05, 0) is 43.4 Å². The molecular formula is C25H27ClF3N8O3+. The molecule has 3 aromatic rings. The van der Waals surface area contributed by atoms with Crippen LogP contribution in [0.4, 0.5) is 18.0 Å². The number of likely N-dealkylation sites (N-methyl/N-ethyl adjacent to an activating group) is 1. The average Bonchev–Trinajstić information content (AvgIpc) is 3.38. The molecule has 1 atom stereocenters. The van der Waals surface area contributed by atoms with Crippen molar-refractivity contribution >= 4 is 29.4 Å². The lowest BCUT2D eigenvalue weighted by Gasteiger charge is -2.39. The Labute approximate surface area is 232 Å². The van der Waals surface area contributed by atoms with E-state index >= 15 is 0 Å². The molecule has 1 aliphatic rings. The van der Waals surface area contributed by atoms with Gasteiger partial charge in [0.05, 0.1) is 11.3 Å². The minimum Gasteiger partial charge on any atom is -0.381 e. The first-order valence-electron chi connectivity index (χ1n) is 12.1. The van der Waals surface area contributed by atoms with Crippen molar-refractivity contribution in [2.45, 2.75) is 24.9 Å². The highest BCUT2D eigenvalue weighted by Crippen LogP contribution is 2.21. The second-order valence-corrected chi connectivity index (χ2v) is 9.47. The lowest BCUT2D eigenvalue weighted by atomic mass is 10.1. The van der Waals surface area contributed by atoms with Gasteiger partial charge in [0.1, 0.15) is 19.4 Å². The minimum absolute atomic E-state index is 0.121. The van der Waals surface area contributed by atoms with Crippen molar-refractivity contribution in [3.05, 3.63) is 76.8 Å². The molecule has 0 aliphatic carbocycles. The monoisotopic (exact) mass is 579 g/mol. The van der Waals surface area contributed by atoms with E-state index in [4.69, 9.17) is 17.3 Å². The molecular weight excluding hydrogens is 553 g/mol. The summed E-state index contributed by atoms with van der Waals surface area (Å²) in [5, 5.41) is 19.8. The zero-order valence-corrected chi connectivity index (χ0v) is 22.0. The third-order valence-corrected chi connectivity index (χ3v) is 6.56. The summed E-state index contributed by atoms with van der Waals surface area (Å²) in [5.74, 6) is -0.370. The first-order chi connectivity index (χ1) is 19.0. The molecule has 3 amide bonds. The Bertz CT molecular complexity index is 1400. The Morgan fingerprint density at radius 2 is 1.88 bits per heavy atom. The van der Waals surface area contributed by atoms with Crippen molar-refractivity contribution in [1.29, 1.82) is 0 Å². The normalized spacial score (nSPS) is 15.3. The Morgan fingerprint density at radius 3 is 2.52 bits per heavy atom. The highest BCUT2D eigenvalue weighted by Gasteiger charge is 2.41. The second-order valence-electron chi connectivity index (χ2n) is 9.04. The lowest BCUT2D eigenvalue weighted by molar-refractivity contribution is -0.455. The van der Waals surface area contributed by atoms with Crippen LogP contribution in [0.3, 0.4) is 0 Å². The third kappa shape index (κ3) is 6.58. The van der Waals surface area contributed by atoms with E-state index in [9.17, 15) is 27.9 Å². The third-order valence-electron chi connectivity index (χ3n) is 6.30. The number of amides is 3. The SMILES string of the molecule is CNC1CN(C(=O)c2ccccc2-n2cnc(CNC(=O)/[N+](C[C@H](O)C(F)(F)F)=C(\N)c3ccc(Cl)cc3)n2)C1. The fourth-order valence-electron chi connectivity index (χ4n) is 3.94. The zero-order chi connectivity index (χ0) is 29.0. The number of rotatable bonds is 8. The van der Waals surface area contributed by atoms with Crippen LogP contribution in [0.2, 0.25) is 5.02 Å². The maximum absolute atomic E-state index is 13.1. The van der Waals surface area contributed by atoms with Gasteiger partial charge in [0.2, 0.25) is 5.84 Å². The van der Waals surface area contributed by atoms with Gasteiger partial charge in [-0.25, -0.2) is 14.5 Å². The molecule has 212 valence electrons. The summed E-state index contributed by atoms with van der Waals surface area (Å²) >= 11 is 5.86. The number of aliphatic hydroxyl groups is 1. The number of para-hydroxylation sites is 1. The largest absolute Gasteiger partial charge is 0.436 e. The molecule has 1 aliphatic heterocycles. The number of halogens is 4. The van der Waals surface area contributed by atoms with E-state index in [1.165, 1.54) is 35.3 Å². The van der Waals surface area contributed by atoms with Crippen LogP contribution in [-0.2, 0) is 6.54 Å². The Hall–Kier alpha value is -4.01. The predicted molar refractivity (Wildman–Crippen MR) is 139 cm³/mol. The number of alkyl halides is 3. The van der Waals surface area contributed by atoms with Crippen LogP contribution in [0.25, 0.3) is 5.69 Å². The smallest absolute Gasteiger partial charge is 0.381 e. The van der Waals surface area contributed by atoms with E-state index in [-0.39, 0.29) is 35.7 Å². The number of nitrogens with two attached hydrogens (primary N) is 1. The number of nitrogens with zero attached hydrogens (tertiary/aromatic N) is 5. The number of amidine groups is 1. The van der Waals surface area contributed by atoms with E-state index in [2.05, 4.69) is 20.7 Å². The van der Waals surface area contributed by atoms with Crippen LogP contribution in [0, 0.1) is 0 Å². The molecule has 40 heavy (non-hydrogen) atoms. The van der Waals surface area contributed by atoms with Crippen LogP contribution in [-0.4, -0.2) is 92.1 Å². The zero-order valence-electron chi connectivity index (χ0n) is 21.3. The van der Waals surface area contributed by atoms with E-state index in [0.29, 0.717) is 33.9 Å². The quantitative estimate of drug-likeness (QED) is 0.180. The summed E-state index contributed by atoms with van der Waals surface area (Å²) < 4.78 is 41.2. The van der Waals surface area contributed by atoms with Crippen LogP contribution < -0.4 is 16.4 Å². The molecule has 15 heteroatoms. The fraction of sp³-hybridized carbons (Fsp3) is 0.320. The lowest BCUT2D eigenvalue weighted by Crippen LogP contribution is -2.59. The van der Waals surface area contributed by atoms with Gasteiger partial charge in [-0.2, -0.15) is 17.7 Å². The van der Waals surface area contributed by atoms with Crippen LogP contribution in [0.1, 0.15) is 21.7 Å². The van der Waals surface area contributed by atoms with E-state index < -0.39 is 24.9 Å². The number of urea groups is 1. The molecule has 1 fully saturated rings. The van der Waals surface area contributed by atoms with Gasteiger partial charge in [0.15, 0.2) is 11.9 Å². The predicted octanol–water partition coefficient (Wildman–Crippen LogP) is 1.52. The van der Waals surface area contributed by atoms with Gasteiger partial charge >= 0.3 is 12.2 Å². The van der Waals surface area contributed by atoms with Crippen molar-refractivity contribution in [1.82, 2.24) is 30.3 Å². The van der Waals surface area contributed by atoms with Crippen molar-refractivity contribution in [2.75, 3.05) is 26.7 Å². The first-order valence-corrected chi connectivity index (χ1v) is 12.5. The van der Waals surface area contributed by atoms with Gasteiger partial charge in [-0.3, -0.25) is 10.1 Å². The van der Waals surface area contributed by atoms with Crippen molar-refractivity contribution in [2.24, 2.45) is 5.73 Å². The highest BCUT2D eigenvalue weighted by molar-refractivity contribution is 6.30. The Balaban J connectivity index is 1.51. The van der Waals surface area contributed by atoms with E-state index in [1.807, 2.05) is 7.05 Å². The standard InChI is InChI=1S/C25H26ClF3N8O3/c1-31-17-11-35(12-17)23(39)18-4-2-3-5-19(18)37-14-33-21(34-37)10-32-24(40)36(13-20(38)25(27,28)29)22(30)15-6-8-16(26)9-7-15/h2-9,14,17,20,30-31,38H,10-13H2,1H3,(H,32,40)/p+1/t20-/m0/s1. The number of hydrogen-bond donors (Lipinski definition) is 4. The summed E-state index contributed by atoms with van der Waals surface area (Å²) in [6, 6.07) is 11.8. The molecule has 0 spiro atoms. The highest BCUT2D eigenvalue weighted by atomic mass is 35.5. The van der Waals surface area contributed by atoms with Crippen LogP contribution >= 0.6 is 11.6 Å². The number of likely N-dealkylation sites (tertiary alicyclic amines) is 1.